The zero-order valence-corrected chi connectivity index (χ0v) is 11.6. The second-order valence-electron chi connectivity index (χ2n) is 5.16. The van der Waals surface area contributed by atoms with Crippen LogP contribution >= 0.6 is 0 Å². The smallest absolute Gasteiger partial charge is 0.147 e. The Kier molecular flexibility index (Phi) is 3.80. The number of nitrogens with zero attached hydrogens (tertiary/aromatic N) is 3. The van der Waals surface area contributed by atoms with Gasteiger partial charge in [0.2, 0.25) is 0 Å². The molecule has 0 spiro atoms. The van der Waals surface area contributed by atoms with Crippen LogP contribution in [0.1, 0.15) is 11.4 Å². The summed E-state index contributed by atoms with van der Waals surface area (Å²) in [6.07, 6.45) is 3.47. The molecule has 1 aliphatic rings. The second kappa shape index (κ2) is 5.73. The number of hydrogen-bond donors (Lipinski definition) is 1. The SMILES string of the molecule is Cc1nccn1-c1ccc(CN2CCNCC2)cc1F. The van der Waals surface area contributed by atoms with E-state index in [9.17, 15) is 4.39 Å². The molecular weight excluding hydrogens is 255 g/mol. The third kappa shape index (κ3) is 2.73. The first kappa shape index (κ1) is 13.3. The topological polar surface area (TPSA) is 33.1 Å². The first-order chi connectivity index (χ1) is 9.74. The molecule has 1 aromatic carbocycles. The fourth-order valence-electron chi connectivity index (χ4n) is 2.60. The zero-order chi connectivity index (χ0) is 13.9. The molecule has 0 aliphatic carbocycles. The molecule has 3 rings (SSSR count). The lowest BCUT2D eigenvalue weighted by atomic mass is 10.1. The molecule has 5 heteroatoms. The molecule has 0 radical (unpaired) electrons. The Morgan fingerprint density at radius 3 is 2.75 bits per heavy atom. The standard InChI is InChI=1S/C15H19FN4/c1-12-18-6-9-20(12)15-3-2-13(10-14(15)16)11-19-7-4-17-5-8-19/h2-3,6,9-10,17H,4-5,7-8,11H2,1H3. The summed E-state index contributed by atoms with van der Waals surface area (Å²) in [5.41, 5.74) is 1.58. The highest BCUT2D eigenvalue weighted by atomic mass is 19.1. The molecule has 2 aromatic rings. The third-order valence-corrected chi connectivity index (χ3v) is 3.71. The highest BCUT2D eigenvalue weighted by Gasteiger charge is 2.12. The largest absolute Gasteiger partial charge is 0.314 e. The zero-order valence-electron chi connectivity index (χ0n) is 11.6. The Balaban J connectivity index is 1.79. The van der Waals surface area contributed by atoms with Crippen LogP contribution in [0.15, 0.2) is 30.6 Å². The average molecular weight is 274 g/mol. The molecule has 0 bridgehead atoms. The molecule has 1 saturated heterocycles. The molecule has 0 unspecified atom stereocenters. The van der Waals surface area contributed by atoms with Crippen LogP contribution in [-0.2, 0) is 6.54 Å². The molecule has 1 fully saturated rings. The van der Waals surface area contributed by atoms with Gasteiger partial charge in [-0.05, 0) is 24.6 Å². The van der Waals surface area contributed by atoms with Gasteiger partial charge in [0.15, 0.2) is 0 Å². The average Bonchev–Trinajstić information content (AvgIpc) is 2.86. The van der Waals surface area contributed by atoms with Gasteiger partial charge in [-0.2, -0.15) is 0 Å². The number of rotatable bonds is 3. The molecular formula is C15H19FN4. The second-order valence-corrected chi connectivity index (χ2v) is 5.16. The summed E-state index contributed by atoms with van der Waals surface area (Å²) in [4.78, 5) is 6.47. The molecule has 4 nitrogen and oxygen atoms in total. The number of hydrogen-bond acceptors (Lipinski definition) is 3. The fourth-order valence-corrected chi connectivity index (χ4v) is 2.60. The summed E-state index contributed by atoms with van der Waals surface area (Å²) in [5.74, 6) is 0.595. The van der Waals surface area contributed by atoms with Gasteiger partial charge in [-0.1, -0.05) is 6.07 Å². The predicted molar refractivity (Wildman–Crippen MR) is 76.4 cm³/mol. The van der Waals surface area contributed by atoms with Crippen molar-refractivity contribution in [3.05, 3.63) is 47.8 Å². The fraction of sp³-hybridized carbons (Fsp3) is 0.400. The van der Waals surface area contributed by atoms with Crippen LogP contribution in [0, 0.1) is 12.7 Å². The van der Waals surface area contributed by atoms with E-state index in [4.69, 9.17) is 0 Å². The number of benzene rings is 1. The highest BCUT2D eigenvalue weighted by molar-refractivity contribution is 5.37. The van der Waals surface area contributed by atoms with E-state index in [1.165, 1.54) is 0 Å². The Hall–Kier alpha value is -1.72. The number of nitrogens with one attached hydrogen (secondary N) is 1. The van der Waals surface area contributed by atoms with Gasteiger partial charge < -0.3 is 9.88 Å². The Morgan fingerprint density at radius 2 is 2.10 bits per heavy atom. The van der Waals surface area contributed by atoms with Gasteiger partial charge in [0.05, 0.1) is 5.69 Å². The van der Waals surface area contributed by atoms with Crippen molar-refractivity contribution in [3.8, 4) is 5.69 Å². The van der Waals surface area contributed by atoms with E-state index in [1.807, 2.05) is 19.1 Å². The summed E-state index contributed by atoms with van der Waals surface area (Å²) >= 11 is 0. The maximum Gasteiger partial charge on any atom is 0.147 e. The van der Waals surface area contributed by atoms with E-state index in [0.717, 1.165) is 44.1 Å². The number of piperazine rings is 1. The van der Waals surface area contributed by atoms with E-state index in [1.54, 1.807) is 23.0 Å². The molecule has 1 aromatic heterocycles. The van der Waals surface area contributed by atoms with E-state index < -0.39 is 0 Å². The molecule has 20 heavy (non-hydrogen) atoms. The lowest BCUT2D eigenvalue weighted by molar-refractivity contribution is 0.233. The Bertz CT molecular complexity index is 587. The van der Waals surface area contributed by atoms with Crippen LogP contribution < -0.4 is 5.32 Å². The minimum Gasteiger partial charge on any atom is -0.314 e. The molecule has 0 amide bonds. The number of aromatic nitrogens is 2. The van der Waals surface area contributed by atoms with Crippen LogP contribution in [0.4, 0.5) is 4.39 Å². The monoisotopic (exact) mass is 274 g/mol. The molecule has 0 saturated carbocycles. The Labute approximate surface area is 118 Å². The van der Waals surface area contributed by atoms with Gasteiger partial charge in [-0.3, -0.25) is 4.90 Å². The van der Waals surface area contributed by atoms with Crippen molar-refractivity contribution < 1.29 is 4.39 Å². The van der Waals surface area contributed by atoms with Crippen molar-refractivity contribution in [1.82, 2.24) is 19.8 Å². The van der Waals surface area contributed by atoms with Gasteiger partial charge in [-0.15, -0.1) is 0 Å². The number of aryl methyl sites for hydroxylation is 1. The van der Waals surface area contributed by atoms with Crippen molar-refractivity contribution in [1.29, 1.82) is 0 Å². The van der Waals surface area contributed by atoms with Gasteiger partial charge in [0.25, 0.3) is 0 Å². The van der Waals surface area contributed by atoms with E-state index >= 15 is 0 Å². The van der Waals surface area contributed by atoms with Gasteiger partial charge in [0, 0.05) is 45.1 Å². The molecule has 0 atom stereocenters. The van der Waals surface area contributed by atoms with E-state index in [-0.39, 0.29) is 5.82 Å². The summed E-state index contributed by atoms with van der Waals surface area (Å²) in [6.45, 7) is 6.73. The van der Waals surface area contributed by atoms with Crippen molar-refractivity contribution in [2.24, 2.45) is 0 Å². The van der Waals surface area contributed by atoms with Crippen LogP contribution in [0.3, 0.4) is 0 Å². The third-order valence-electron chi connectivity index (χ3n) is 3.71. The molecule has 1 N–H and O–H groups in total. The molecule has 1 aliphatic heterocycles. The normalized spacial score (nSPS) is 16.5. The number of imidazole rings is 1. The summed E-state index contributed by atoms with van der Waals surface area (Å²) in [7, 11) is 0. The highest BCUT2D eigenvalue weighted by Crippen LogP contribution is 2.17. The Morgan fingerprint density at radius 1 is 1.30 bits per heavy atom. The van der Waals surface area contributed by atoms with Crippen molar-refractivity contribution in [2.45, 2.75) is 13.5 Å². The summed E-state index contributed by atoms with van der Waals surface area (Å²) in [6, 6.07) is 5.47. The minimum atomic E-state index is -0.196. The number of halogens is 1. The lowest BCUT2D eigenvalue weighted by Gasteiger charge is -2.27. The summed E-state index contributed by atoms with van der Waals surface area (Å²) in [5, 5.41) is 3.32. The molecule has 106 valence electrons. The lowest BCUT2D eigenvalue weighted by Crippen LogP contribution is -2.42. The van der Waals surface area contributed by atoms with E-state index in [0.29, 0.717) is 5.69 Å². The van der Waals surface area contributed by atoms with Gasteiger partial charge in [-0.25, -0.2) is 9.37 Å². The van der Waals surface area contributed by atoms with Crippen molar-refractivity contribution in [2.75, 3.05) is 26.2 Å². The first-order valence-electron chi connectivity index (χ1n) is 6.96. The van der Waals surface area contributed by atoms with Gasteiger partial charge >= 0.3 is 0 Å². The van der Waals surface area contributed by atoms with Crippen LogP contribution in [0.2, 0.25) is 0 Å². The van der Waals surface area contributed by atoms with Crippen LogP contribution in [-0.4, -0.2) is 40.6 Å². The maximum absolute atomic E-state index is 14.3. The quantitative estimate of drug-likeness (QED) is 0.925. The summed E-state index contributed by atoms with van der Waals surface area (Å²) < 4.78 is 16.0. The van der Waals surface area contributed by atoms with Crippen LogP contribution in [0.25, 0.3) is 5.69 Å². The van der Waals surface area contributed by atoms with Gasteiger partial charge in [0.1, 0.15) is 11.6 Å². The predicted octanol–water partition coefficient (Wildman–Crippen LogP) is 1.73. The minimum absolute atomic E-state index is 0.196. The first-order valence-corrected chi connectivity index (χ1v) is 6.96. The van der Waals surface area contributed by atoms with Crippen molar-refractivity contribution >= 4 is 0 Å². The van der Waals surface area contributed by atoms with Crippen molar-refractivity contribution in [3.63, 3.8) is 0 Å². The maximum atomic E-state index is 14.3. The van der Waals surface area contributed by atoms with E-state index in [2.05, 4.69) is 15.2 Å². The van der Waals surface area contributed by atoms with Crippen LogP contribution in [0.5, 0.6) is 0 Å². The molecule has 2 heterocycles.